The zero-order valence-corrected chi connectivity index (χ0v) is 10.2. The first-order valence-corrected chi connectivity index (χ1v) is 7.07. The van der Waals surface area contributed by atoms with Crippen molar-refractivity contribution in [3.05, 3.63) is 29.3 Å². The Morgan fingerprint density at radius 1 is 1.35 bits per heavy atom. The van der Waals surface area contributed by atoms with E-state index >= 15 is 0 Å². The van der Waals surface area contributed by atoms with Crippen LogP contribution in [0.4, 0.5) is 4.79 Å². The predicted octanol–water partition coefficient (Wildman–Crippen LogP) is 1.13. The highest BCUT2D eigenvalue weighted by molar-refractivity contribution is 7.90. The minimum Gasteiger partial charge on any atom is -0.465 e. The minimum absolute atomic E-state index is 0.239. The van der Waals surface area contributed by atoms with Gasteiger partial charge in [0.15, 0.2) is 9.84 Å². The predicted molar refractivity (Wildman–Crippen MR) is 61.7 cm³/mol. The Labute approximate surface area is 99.6 Å². The summed E-state index contributed by atoms with van der Waals surface area (Å²) in [6.45, 7) is 0.717. The minimum atomic E-state index is -3.24. The standard InChI is InChI=1S/C11H13NO4S/c1-17(15,16)10-3-2-8-4-5-12(11(13)14)7-9(8)6-10/h2-3,6H,4-5,7H2,1H3,(H,13,14). The van der Waals surface area contributed by atoms with E-state index in [1.807, 2.05) is 0 Å². The van der Waals surface area contributed by atoms with Crippen LogP contribution in [0.25, 0.3) is 0 Å². The van der Waals surface area contributed by atoms with Crippen molar-refractivity contribution >= 4 is 15.9 Å². The van der Waals surface area contributed by atoms with Gasteiger partial charge in [0.05, 0.1) is 4.90 Å². The smallest absolute Gasteiger partial charge is 0.407 e. The number of nitrogens with zero attached hydrogens (tertiary/aromatic N) is 1. The molecule has 1 heterocycles. The molecular formula is C11H13NO4S. The maximum atomic E-state index is 11.4. The first-order valence-electron chi connectivity index (χ1n) is 5.17. The van der Waals surface area contributed by atoms with E-state index in [-0.39, 0.29) is 11.4 Å². The normalized spacial score (nSPS) is 15.5. The molecule has 1 aromatic rings. The van der Waals surface area contributed by atoms with E-state index in [4.69, 9.17) is 5.11 Å². The van der Waals surface area contributed by atoms with Gasteiger partial charge in [-0.15, -0.1) is 0 Å². The van der Waals surface area contributed by atoms with Gasteiger partial charge in [0.1, 0.15) is 0 Å². The molecule has 0 saturated heterocycles. The van der Waals surface area contributed by atoms with Gasteiger partial charge in [0.25, 0.3) is 0 Å². The number of hydrogen-bond donors (Lipinski definition) is 1. The summed E-state index contributed by atoms with van der Waals surface area (Å²) in [6.07, 6.45) is 0.804. The highest BCUT2D eigenvalue weighted by Crippen LogP contribution is 2.22. The van der Waals surface area contributed by atoms with Crippen molar-refractivity contribution in [2.24, 2.45) is 0 Å². The van der Waals surface area contributed by atoms with Gasteiger partial charge in [0, 0.05) is 19.3 Å². The molecule has 6 heteroatoms. The Morgan fingerprint density at radius 3 is 2.65 bits per heavy atom. The van der Waals surface area contributed by atoms with E-state index in [9.17, 15) is 13.2 Å². The average Bonchev–Trinajstić information content (AvgIpc) is 2.26. The van der Waals surface area contributed by atoms with Crippen LogP contribution >= 0.6 is 0 Å². The van der Waals surface area contributed by atoms with Gasteiger partial charge in [0.2, 0.25) is 0 Å². The summed E-state index contributed by atoms with van der Waals surface area (Å²) in [5, 5.41) is 8.90. The SMILES string of the molecule is CS(=O)(=O)c1ccc2c(c1)CN(C(=O)O)CC2. The largest absolute Gasteiger partial charge is 0.465 e. The van der Waals surface area contributed by atoms with Gasteiger partial charge in [-0.25, -0.2) is 13.2 Å². The van der Waals surface area contributed by atoms with E-state index in [1.165, 1.54) is 4.90 Å². The third kappa shape index (κ3) is 2.41. The molecule has 0 saturated carbocycles. The molecule has 92 valence electrons. The topological polar surface area (TPSA) is 74.7 Å². The van der Waals surface area contributed by atoms with Crippen molar-refractivity contribution in [1.82, 2.24) is 4.90 Å². The van der Waals surface area contributed by atoms with Gasteiger partial charge >= 0.3 is 6.09 Å². The van der Waals surface area contributed by atoms with Gasteiger partial charge in [-0.1, -0.05) is 6.07 Å². The number of carboxylic acid groups (broad SMARTS) is 1. The van der Waals surface area contributed by atoms with Crippen molar-refractivity contribution in [2.75, 3.05) is 12.8 Å². The first-order chi connectivity index (χ1) is 7.88. The van der Waals surface area contributed by atoms with Crippen LogP contribution in [0.15, 0.2) is 23.1 Å². The fourth-order valence-electron chi connectivity index (χ4n) is 1.93. The first kappa shape index (κ1) is 11.9. The zero-order valence-electron chi connectivity index (χ0n) is 9.38. The Hall–Kier alpha value is -1.56. The Morgan fingerprint density at radius 2 is 2.06 bits per heavy atom. The third-order valence-corrected chi connectivity index (χ3v) is 4.00. The highest BCUT2D eigenvalue weighted by atomic mass is 32.2. The number of rotatable bonds is 1. The third-order valence-electron chi connectivity index (χ3n) is 2.89. The Kier molecular flexibility index (Phi) is 2.82. The fourth-order valence-corrected chi connectivity index (χ4v) is 2.60. The second-order valence-corrected chi connectivity index (χ2v) is 6.17. The van der Waals surface area contributed by atoms with Gasteiger partial charge in [-0.3, -0.25) is 0 Å². The van der Waals surface area contributed by atoms with Crippen molar-refractivity contribution in [3.63, 3.8) is 0 Å². The van der Waals surface area contributed by atoms with E-state index in [2.05, 4.69) is 0 Å². The van der Waals surface area contributed by atoms with Crippen molar-refractivity contribution < 1.29 is 18.3 Å². The second kappa shape index (κ2) is 4.03. The van der Waals surface area contributed by atoms with E-state index in [0.29, 0.717) is 13.0 Å². The van der Waals surface area contributed by atoms with Crippen molar-refractivity contribution in [1.29, 1.82) is 0 Å². The maximum Gasteiger partial charge on any atom is 0.407 e. The molecule has 0 unspecified atom stereocenters. The van der Waals surface area contributed by atoms with Crippen LogP contribution in [-0.2, 0) is 22.8 Å². The zero-order chi connectivity index (χ0) is 12.6. The summed E-state index contributed by atoms with van der Waals surface area (Å²) < 4.78 is 22.8. The van der Waals surface area contributed by atoms with Crippen LogP contribution in [0.5, 0.6) is 0 Å². The summed E-state index contributed by atoms with van der Waals surface area (Å²) in [4.78, 5) is 12.4. The Balaban J connectivity index is 2.39. The lowest BCUT2D eigenvalue weighted by Gasteiger charge is -2.26. The molecule has 17 heavy (non-hydrogen) atoms. The summed E-state index contributed by atoms with van der Waals surface area (Å²) >= 11 is 0. The van der Waals surface area contributed by atoms with Gasteiger partial charge in [-0.05, 0) is 29.7 Å². The molecule has 1 aromatic carbocycles. The highest BCUT2D eigenvalue weighted by Gasteiger charge is 2.21. The molecule has 1 aliphatic rings. The molecule has 0 radical (unpaired) electrons. The quantitative estimate of drug-likeness (QED) is 0.816. The van der Waals surface area contributed by atoms with Crippen LogP contribution < -0.4 is 0 Å². The van der Waals surface area contributed by atoms with E-state index in [0.717, 1.165) is 17.4 Å². The van der Waals surface area contributed by atoms with Gasteiger partial charge < -0.3 is 10.0 Å². The van der Waals surface area contributed by atoms with Gasteiger partial charge in [-0.2, -0.15) is 0 Å². The molecule has 0 aromatic heterocycles. The number of carbonyl (C=O) groups is 1. The second-order valence-electron chi connectivity index (χ2n) is 4.16. The number of amides is 1. The lowest BCUT2D eigenvalue weighted by Crippen LogP contribution is -2.34. The van der Waals surface area contributed by atoms with E-state index in [1.54, 1.807) is 18.2 Å². The molecule has 0 atom stereocenters. The van der Waals surface area contributed by atoms with Crippen LogP contribution in [-0.4, -0.2) is 37.3 Å². The van der Waals surface area contributed by atoms with Crippen molar-refractivity contribution in [3.8, 4) is 0 Å². The molecule has 5 nitrogen and oxygen atoms in total. The fraction of sp³-hybridized carbons (Fsp3) is 0.364. The summed E-state index contributed by atoms with van der Waals surface area (Å²) in [5.41, 5.74) is 1.80. The summed E-state index contributed by atoms with van der Waals surface area (Å²) in [5.74, 6) is 0. The number of benzene rings is 1. The van der Waals surface area contributed by atoms with Crippen molar-refractivity contribution in [2.45, 2.75) is 17.9 Å². The van der Waals surface area contributed by atoms with Crippen LogP contribution in [0.1, 0.15) is 11.1 Å². The van der Waals surface area contributed by atoms with E-state index < -0.39 is 15.9 Å². The Bertz CT molecular complexity index is 565. The number of sulfone groups is 1. The number of fused-ring (bicyclic) bond motifs is 1. The monoisotopic (exact) mass is 255 g/mol. The average molecular weight is 255 g/mol. The van der Waals surface area contributed by atoms with Crippen LogP contribution in [0.2, 0.25) is 0 Å². The molecule has 0 spiro atoms. The molecule has 0 aliphatic carbocycles. The molecular weight excluding hydrogens is 242 g/mol. The molecule has 1 aliphatic heterocycles. The maximum absolute atomic E-state index is 11.4. The lowest BCUT2D eigenvalue weighted by molar-refractivity contribution is 0.140. The van der Waals surface area contributed by atoms with Crippen LogP contribution in [0.3, 0.4) is 0 Å². The molecule has 1 N–H and O–H groups in total. The number of hydrogen-bond acceptors (Lipinski definition) is 3. The summed E-state index contributed by atoms with van der Waals surface area (Å²) in [7, 11) is -3.24. The molecule has 0 bridgehead atoms. The van der Waals surface area contributed by atoms with Crippen LogP contribution in [0, 0.1) is 0 Å². The molecule has 2 rings (SSSR count). The lowest BCUT2D eigenvalue weighted by atomic mass is 10.0. The summed E-state index contributed by atoms with van der Waals surface area (Å²) in [6, 6.07) is 4.91. The molecule has 0 fully saturated rings. The molecule has 1 amide bonds.